The first kappa shape index (κ1) is 18.0. The SMILES string of the molecule is Cc1nsc(N2CCN(C(C)c3nc(-c4ccc(C)c(F)c4)no3)CC2)n1. The van der Waals surface area contributed by atoms with Gasteiger partial charge >= 0.3 is 0 Å². The minimum absolute atomic E-state index is 0.000138. The topological polar surface area (TPSA) is 71.2 Å². The molecule has 1 atom stereocenters. The van der Waals surface area contributed by atoms with Crippen molar-refractivity contribution in [1.29, 1.82) is 0 Å². The van der Waals surface area contributed by atoms with Crippen molar-refractivity contribution in [2.24, 2.45) is 0 Å². The molecule has 3 aromatic rings. The Morgan fingerprint density at radius 1 is 1.15 bits per heavy atom. The molecule has 0 amide bonds. The molecule has 1 fully saturated rings. The van der Waals surface area contributed by atoms with E-state index in [1.807, 2.05) is 6.92 Å². The first-order chi connectivity index (χ1) is 13.0. The highest BCUT2D eigenvalue weighted by atomic mass is 32.1. The van der Waals surface area contributed by atoms with E-state index in [9.17, 15) is 4.39 Å². The average molecular weight is 388 g/mol. The van der Waals surface area contributed by atoms with Crippen molar-refractivity contribution in [2.75, 3.05) is 31.1 Å². The Kier molecular flexibility index (Phi) is 4.88. The highest BCUT2D eigenvalue weighted by Gasteiger charge is 2.27. The van der Waals surface area contributed by atoms with Crippen molar-refractivity contribution < 1.29 is 8.91 Å². The lowest BCUT2D eigenvalue weighted by Crippen LogP contribution is -2.47. The van der Waals surface area contributed by atoms with E-state index in [1.165, 1.54) is 17.6 Å². The summed E-state index contributed by atoms with van der Waals surface area (Å²) in [5.41, 5.74) is 1.22. The minimum Gasteiger partial charge on any atom is -0.344 e. The molecule has 0 radical (unpaired) electrons. The van der Waals surface area contributed by atoms with Gasteiger partial charge in [0.25, 0.3) is 0 Å². The molecular weight excluding hydrogens is 367 g/mol. The molecule has 1 aliphatic rings. The van der Waals surface area contributed by atoms with Crippen LogP contribution in [0.3, 0.4) is 0 Å². The summed E-state index contributed by atoms with van der Waals surface area (Å²) >= 11 is 1.44. The van der Waals surface area contributed by atoms with E-state index in [1.54, 1.807) is 19.1 Å². The number of halogens is 1. The number of rotatable bonds is 4. The van der Waals surface area contributed by atoms with Gasteiger partial charge in [0.15, 0.2) is 0 Å². The Hall–Kier alpha value is -2.39. The van der Waals surface area contributed by atoms with Crippen molar-refractivity contribution in [3.05, 3.63) is 41.3 Å². The molecule has 142 valence electrons. The molecule has 0 saturated carbocycles. The fourth-order valence-corrected chi connectivity index (χ4v) is 3.85. The van der Waals surface area contributed by atoms with Gasteiger partial charge in [-0.2, -0.15) is 9.36 Å². The van der Waals surface area contributed by atoms with Gasteiger partial charge in [0.2, 0.25) is 16.8 Å². The van der Waals surface area contributed by atoms with Crippen LogP contribution < -0.4 is 4.90 Å². The molecular formula is C18H21FN6OS. The Morgan fingerprint density at radius 3 is 2.59 bits per heavy atom. The van der Waals surface area contributed by atoms with Gasteiger partial charge in [-0.05, 0) is 32.4 Å². The summed E-state index contributed by atoms with van der Waals surface area (Å²) in [5.74, 6) is 1.51. The summed E-state index contributed by atoms with van der Waals surface area (Å²) in [7, 11) is 0. The molecule has 2 aromatic heterocycles. The van der Waals surface area contributed by atoms with Crippen molar-refractivity contribution in [3.8, 4) is 11.4 Å². The Balaban J connectivity index is 1.42. The third-order valence-electron chi connectivity index (χ3n) is 4.88. The number of hydrogen-bond donors (Lipinski definition) is 0. The van der Waals surface area contributed by atoms with Crippen LogP contribution in [-0.4, -0.2) is 50.6 Å². The summed E-state index contributed by atoms with van der Waals surface area (Å²) < 4.78 is 23.5. The van der Waals surface area contributed by atoms with Crippen molar-refractivity contribution in [2.45, 2.75) is 26.8 Å². The van der Waals surface area contributed by atoms with Crippen LogP contribution in [0.5, 0.6) is 0 Å². The number of aromatic nitrogens is 4. The lowest BCUT2D eigenvalue weighted by atomic mass is 10.1. The third kappa shape index (κ3) is 3.70. The van der Waals surface area contributed by atoms with E-state index >= 15 is 0 Å². The molecule has 1 aromatic carbocycles. The fraction of sp³-hybridized carbons (Fsp3) is 0.444. The van der Waals surface area contributed by atoms with E-state index in [2.05, 4.69) is 36.2 Å². The van der Waals surface area contributed by atoms with Crippen molar-refractivity contribution in [1.82, 2.24) is 24.4 Å². The number of aryl methyl sites for hydroxylation is 2. The summed E-state index contributed by atoms with van der Waals surface area (Å²) in [6, 6.07) is 4.97. The predicted octanol–water partition coefficient (Wildman–Crippen LogP) is 3.23. The third-order valence-corrected chi connectivity index (χ3v) is 5.75. The van der Waals surface area contributed by atoms with Gasteiger partial charge in [0.1, 0.15) is 11.6 Å². The van der Waals surface area contributed by atoms with E-state index in [0.717, 1.165) is 37.1 Å². The first-order valence-electron chi connectivity index (χ1n) is 8.90. The van der Waals surface area contributed by atoms with Crippen molar-refractivity contribution in [3.63, 3.8) is 0 Å². The average Bonchev–Trinajstić information content (AvgIpc) is 3.33. The normalized spacial score (nSPS) is 16.7. The molecule has 1 aliphatic heterocycles. The summed E-state index contributed by atoms with van der Waals surface area (Å²) in [4.78, 5) is 13.5. The highest BCUT2D eigenvalue weighted by molar-refractivity contribution is 7.09. The zero-order valence-corrected chi connectivity index (χ0v) is 16.3. The lowest BCUT2D eigenvalue weighted by molar-refractivity contribution is 0.164. The first-order valence-corrected chi connectivity index (χ1v) is 9.68. The second-order valence-corrected chi connectivity index (χ2v) is 7.47. The molecule has 0 bridgehead atoms. The predicted molar refractivity (Wildman–Crippen MR) is 101 cm³/mol. The molecule has 7 nitrogen and oxygen atoms in total. The van der Waals surface area contributed by atoms with Gasteiger partial charge < -0.3 is 9.42 Å². The maximum atomic E-state index is 13.8. The fourth-order valence-electron chi connectivity index (χ4n) is 3.13. The van der Waals surface area contributed by atoms with E-state index in [0.29, 0.717) is 22.8 Å². The quantitative estimate of drug-likeness (QED) is 0.679. The molecule has 0 N–H and O–H groups in total. The molecule has 3 heterocycles. The zero-order chi connectivity index (χ0) is 19.0. The molecule has 1 saturated heterocycles. The van der Waals surface area contributed by atoms with Gasteiger partial charge in [-0.15, -0.1) is 0 Å². The summed E-state index contributed by atoms with van der Waals surface area (Å²) in [6.45, 7) is 9.19. The molecule has 9 heteroatoms. The Labute approximate surface area is 161 Å². The van der Waals surface area contributed by atoms with Gasteiger partial charge in [-0.25, -0.2) is 9.37 Å². The molecule has 27 heavy (non-hydrogen) atoms. The van der Waals surface area contributed by atoms with Gasteiger partial charge in [0, 0.05) is 43.3 Å². The van der Waals surface area contributed by atoms with Crippen molar-refractivity contribution >= 4 is 16.7 Å². The molecule has 4 rings (SSSR count). The van der Waals surface area contributed by atoms with Gasteiger partial charge in [0.05, 0.1) is 6.04 Å². The van der Waals surface area contributed by atoms with Crippen LogP contribution in [0, 0.1) is 19.7 Å². The zero-order valence-electron chi connectivity index (χ0n) is 15.5. The maximum absolute atomic E-state index is 13.8. The van der Waals surface area contributed by atoms with E-state index < -0.39 is 0 Å². The maximum Gasteiger partial charge on any atom is 0.244 e. The van der Waals surface area contributed by atoms with Crippen LogP contribution in [0.25, 0.3) is 11.4 Å². The highest BCUT2D eigenvalue weighted by Crippen LogP contribution is 2.26. The Morgan fingerprint density at radius 2 is 1.93 bits per heavy atom. The molecule has 0 spiro atoms. The number of piperazine rings is 1. The van der Waals surface area contributed by atoms with E-state index in [4.69, 9.17) is 4.52 Å². The molecule has 0 aliphatic carbocycles. The van der Waals surface area contributed by atoms with Crippen LogP contribution in [0.15, 0.2) is 22.7 Å². The number of anilines is 1. The molecule has 1 unspecified atom stereocenters. The lowest BCUT2D eigenvalue weighted by Gasteiger charge is -2.36. The van der Waals surface area contributed by atoms with Crippen LogP contribution in [0.1, 0.15) is 30.2 Å². The van der Waals surface area contributed by atoms with Crippen LogP contribution in [0.4, 0.5) is 9.52 Å². The van der Waals surface area contributed by atoms with E-state index in [-0.39, 0.29) is 11.9 Å². The standard InChI is InChI=1S/C18H21FN6OS/c1-11-4-5-14(10-15(11)19)16-21-17(26-22-16)12(2)24-6-8-25(9-7-24)18-20-13(3)23-27-18/h4-5,10,12H,6-9H2,1-3H3. The smallest absolute Gasteiger partial charge is 0.244 e. The second-order valence-electron chi connectivity index (χ2n) is 6.74. The largest absolute Gasteiger partial charge is 0.344 e. The second kappa shape index (κ2) is 7.32. The summed E-state index contributed by atoms with van der Waals surface area (Å²) in [6.07, 6.45) is 0. The number of benzene rings is 1. The summed E-state index contributed by atoms with van der Waals surface area (Å²) in [5, 5.41) is 5.01. The minimum atomic E-state index is -0.269. The van der Waals surface area contributed by atoms with Gasteiger partial charge in [-0.1, -0.05) is 17.3 Å². The Bertz CT molecular complexity index is 934. The van der Waals surface area contributed by atoms with Crippen LogP contribution in [-0.2, 0) is 0 Å². The number of hydrogen-bond acceptors (Lipinski definition) is 8. The monoisotopic (exact) mass is 388 g/mol. The van der Waals surface area contributed by atoms with Gasteiger partial charge in [-0.3, -0.25) is 4.90 Å². The van der Waals surface area contributed by atoms with Crippen LogP contribution >= 0.6 is 11.5 Å². The van der Waals surface area contributed by atoms with Crippen LogP contribution in [0.2, 0.25) is 0 Å². The number of nitrogens with zero attached hydrogens (tertiary/aromatic N) is 6.